The summed E-state index contributed by atoms with van der Waals surface area (Å²) in [5.74, 6) is 0. The van der Waals surface area contributed by atoms with Gasteiger partial charge in [0.05, 0.1) is 0 Å². The minimum Gasteiger partial charge on any atom is -0.323 e. The molecule has 0 saturated heterocycles. The smallest absolute Gasteiger partial charge is 0.323 e. The van der Waals surface area contributed by atoms with Crippen molar-refractivity contribution in [1.82, 2.24) is 5.32 Å². The van der Waals surface area contributed by atoms with Crippen LogP contribution in [0.5, 0.6) is 0 Å². The minimum absolute atomic E-state index is 0.223. The first kappa shape index (κ1) is 10.4. The van der Waals surface area contributed by atoms with E-state index in [0.29, 0.717) is 6.42 Å². The molecule has 5 heteroatoms. The number of amides is 1. The zero-order chi connectivity index (χ0) is 9.40. The van der Waals surface area contributed by atoms with Gasteiger partial charge in [0.1, 0.15) is 6.07 Å². The molecule has 0 radical (unpaired) electrons. The molecule has 0 aromatic carbocycles. The van der Waals surface area contributed by atoms with Crippen LogP contribution in [0, 0.1) is 11.3 Å². The Morgan fingerprint density at radius 1 is 1.75 bits per heavy atom. The standard InChI is InChI=1S/C7H11N3O2/c1-3-4-6(5-8)10-12-7(11)9-2/h3-4H2,1-2H3,(H,9,11)/b10-6+. The van der Waals surface area contributed by atoms with Gasteiger partial charge in [-0.2, -0.15) is 5.26 Å². The van der Waals surface area contributed by atoms with Crippen LogP contribution in [0.25, 0.3) is 0 Å². The van der Waals surface area contributed by atoms with Gasteiger partial charge >= 0.3 is 6.09 Å². The van der Waals surface area contributed by atoms with Crippen LogP contribution in [0.4, 0.5) is 4.79 Å². The van der Waals surface area contributed by atoms with E-state index in [1.165, 1.54) is 7.05 Å². The lowest BCUT2D eigenvalue weighted by Gasteiger charge is -1.95. The molecule has 0 saturated carbocycles. The van der Waals surface area contributed by atoms with Gasteiger partial charge in [-0.15, -0.1) is 0 Å². The molecular weight excluding hydrogens is 158 g/mol. The minimum atomic E-state index is -0.668. The van der Waals surface area contributed by atoms with E-state index in [1.807, 2.05) is 13.0 Å². The van der Waals surface area contributed by atoms with E-state index >= 15 is 0 Å². The molecule has 0 aromatic rings. The first-order chi connectivity index (χ1) is 5.74. The fourth-order valence-corrected chi connectivity index (χ4v) is 0.501. The van der Waals surface area contributed by atoms with E-state index in [-0.39, 0.29) is 5.71 Å². The predicted molar refractivity (Wildman–Crippen MR) is 43.5 cm³/mol. The lowest BCUT2D eigenvalue weighted by molar-refractivity contribution is 0.153. The van der Waals surface area contributed by atoms with Crippen molar-refractivity contribution < 1.29 is 9.63 Å². The highest BCUT2D eigenvalue weighted by Gasteiger charge is 1.99. The molecule has 5 nitrogen and oxygen atoms in total. The van der Waals surface area contributed by atoms with Crippen LogP contribution in [0.2, 0.25) is 0 Å². The van der Waals surface area contributed by atoms with Crippen LogP contribution in [-0.2, 0) is 4.84 Å². The normalized spacial score (nSPS) is 10.2. The summed E-state index contributed by atoms with van der Waals surface area (Å²) < 4.78 is 0. The Hall–Kier alpha value is -1.57. The van der Waals surface area contributed by atoms with Crippen molar-refractivity contribution in [2.45, 2.75) is 19.8 Å². The van der Waals surface area contributed by atoms with Crippen LogP contribution >= 0.6 is 0 Å². The topological polar surface area (TPSA) is 74.5 Å². The molecule has 0 aliphatic carbocycles. The number of oxime groups is 1. The summed E-state index contributed by atoms with van der Waals surface area (Å²) >= 11 is 0. The van der Waals surface area contributed by atoms with E-state index in [0.717, 1.165) is 6.42 Å². The van der Waals surface area contributed by atoms with Gasteiger partial charge in [0, 0.05) is 13.5 Å². The fourth-order valence-electron chi connectivity index (χ4n) is 0.501. The van der Waals surface area contributed by atoms with Gasteiger partial charge in [-0.1, -0.05) is 12.1 Å². The highest BCUT2D eigenvalue weighted by atomic mass is 16.7. The maximum absolute atomic E-state index is 10.5. The predicted octanol–water partition coefficient (Wildman–Crippen LogP) is 1.02. The molecule has 0 bridgehead atoms. The summed E-state index contributed by atoms with van der Waals surface area (Å²) in [4.78, 5) is 14.8. The maximum Gasteiger partial charge on any atom is 0.433 e. The molecule has 0 atom stereocenters. The molecule has 1 amide bonds. The first-order valence-electron chi connectivity index (χ1n) is 3.60. The van der Waals surface area contributed by atoms with Crippen LogP contribution in [-0.4, -0.2) is 18.9 Å². The Bertz CT molecular complexity index is 217. The molecule has 0 aliphatic heterocycles. The van der Waals surface area contributed by atoms with Gasteiger partial charge in [-0.3, -0.25) is 4.84 Å². The highest BCUT2D eigenvalue weighted by molar-refractivity contribution is 5.98. The number of hydrogen-bond donors (Lipinski definition) is 1. The molecule has 0 unspecified atom stereocenters. The summed E-state index contributed by atoms with van der Waals surface area (Å²) in [5.41, 5.74) is 0.223. The molecule has 1 N–H and O–H groups in total. The molecule has 0 heterocycles. The third kappa shape index (κ3) is 4.28. The number of rotatable bonds is 3. The third-order valence-corrected chi connectivity index (χ3v) is 1.06. The molecular formula is C7H11N3O2. The zero-order valence-electron chi connectivity index (χ0n) is 7.13. The van der Waals surface area contributed by atoms with E-state index in [9.17, 15) is 4.79 Å². The van der Waals surface area contributed by atoms with E-state index in [1.54, 1.807) is 0 Å². The van der Waals surface area contributed by atoms with E-state index < -0.39 is 6.09 Å². The second-order valence-electron chi connectivity index (χ2n) is 2.03. The summed E-state index contributed by atoms with van der Waals surface area (Å²) in [7, 11) is 1.42. The van der Waals surface area contributed by atoms with Crippen LogP contribution in [0.1, 0.15) is 19.8 Å². The van der Waals surface area contributed by atoms with Crippen LogP contribution in [0.15, 0.2) is 5.16 Å². The van der Waals surface area contributed by atoms with Crippen molar-refractivity contribution in [2.75, 3.05) is 7.05 Å². The SMILES string of the molecule is CCC/C(C#N)=N\OC(=O)NC. The number of nitrogens with one attached hydrogen (secondary N) is 1. The van der Waals surface area contributed by atoms with Crippen LogP contribution in [0.3, 0.4) is 0 Å². The molecule has 0 rings (SSSR count). The Morgan fingerprint density at radius 2 is 2.42 bits per heavy atom. The Morgan fingerprint density at radius 3 is 2.83 bits per heavy atom. The zero-order valence-corrected chi connectivity index (χ0v) is 7.13. The fraction of sp³-hybridized carbons (Fsp3) is 0.571. The van der Waals surface area contributed by atoms with E-state index in [2.05, 4.69) is 15.3 Å². The monoisotopic (exact) mass is 169 g/mol. The Balaban J connectivity index is 3.95. The largest absolute Gasteiger partial charge is 0.433 e. The summed E-state index contributed by atoms with van der Waals surface area (Å²) in [6, 6.07) is 1.83. The van der Waals surface area contributed by atoms with Gasteiger partial charge in [-0.25, -0.2) is 4.79 Å². The van der Waals surface area contributed by atoms with Crippen molar-refractivity contribution in [3.05, 3.63) is 0 Å². The highest BCUT2D eigenvalue weighted by Crippen LogP contribution is 1.92. The van der Waals surface area contributed by atoms with Gasteiger partial charge < -0.3 is 5.32 Å². The summed E-state index contributed by atoms with van der Waals surface area (Å²) in [6.45, 7) is 1.91. The Labute approximate surface area is 71.0 Å². The van der Waals surface area contributed by atoms with Gasteiger partial charge in [0.15, 0.2) is 5.71 Å². The average Bonchev–Trinajstić information content (AvgIpc) is 2.11. The summed E-state index contributed by atoms with van der Waals surface area (Å²) in [6.07, 6.45) is 0.649. The van der Waals surface area contributed by atoms with Crippen molar-refractivity contribution in [1.29, 1.82) is 5.26 Å². The Kier molecular flexibility index (Phi) is 5.35. The second-order valence-corrected chi connectivity index (χ2v) is 2.03. The number of hydrogen-bond acceptors (Lipinski definition) is 4. The van der Waals surface area contributed by atoms with Crippen molar-refractivity contribution in [3.8, 4) is 6.07 Å². The van der Waals surface area contributed by atoms with Crippen molar-refractivity contribution in [2.24, 2.45) is 5.16 Å². The molecule has 0 fully saturated rings. The second kappa shape index (κ2) is 6.16. The van der Waals surface area contributed by atoms with Crippen LogP contribution < -0.4 is 5.32 Å². The number of carbonyl (C=O) groups excluding carboxylic acids is 1. The summed E-state index contributed by atoms with van der Waals surface area (Å²) in [5, 5.41) is 14.0. The average molecular weight is 169 g/mol. The van der Waals surface area contributed by atoms with Crippen molar-refractivity contribution in [3.63, 3.8) is 0 Å². The third-order valence-electron chi connectivity index (χ3n) is 1.06. The lowest BCUT2D eigenvalue weighted by atomic mass is 10.2. The van der Waals surface area contributed by atoms with Crippen molar-refractivity contribution >= 4 is 11.8 Å². The molecule has 0 aromatic heterocycles. The quantitative estimate of drug-likeness (QED) is 0.389. The van der Waals surface area contributed by atoms with Gasteiger partial charge in [-0.05, 0) is 6.42 Å². The maximum atomic E-state index is 10.5. The molecule has 0 spiro atoms. The van der Waals surface area contributed by atoms with Gasteiger partial charge in [0.25, 0.3) is 0 Å². The number of nitriles is 1. The lowest BCUT2D eigenvalue weighted by Crippen LogP contribution is -2.17. The first-order valence-corrected chi connectivity index (χ1v) is 3.60. The molecule has 12 heavy (non-hydrogen) atoms. The number of nitrogens with zero attached hydrogens (tertiary/aromatic N) is 2. The number of carbonyl (C=O) groups is 1. The molecule has 66 valence electrons. The van der Waals surface area contributed by atoms with Gasteiger partial charge in [0.2, 0.25) is 0 Å². The molecule has 0 aliphatic rings. The van der Waals surface area contributed by atoms with E-state index in [4.69, 9.17) is 5.26 Å².